The van der Waals surface area contributed by atoms with E-state index in [2.05, 4.69) is 10.1 Å². The average molecular weight is 408 g/mol. The van der Waals surface area contributed by atoms with Crippen molar-refractivity contribution in [1.82, 2.24) is 24.6 Å². The number of carbonyl (C=O) groups is 2. The van der Waals surface area contributed by atoms with Gasteiger partial charge in [0.05, 0.1) is 6.04 Å². The van der Waals surface area contributed by atoms with Crippen molar-refractivity contribution in [2.75, 3.05) is 13.1 Å². The van der Waals surface area contributed by atoms with Gasteiger partial charge in [0, 0.05) is 24.7 Å². The Morgan fingerprint density at radius 3 is 2.47 bits per heavy atom. The zero-order valence-corrected chi connectivity index (χ0v) is 17.3. The number of piperidine rings is 1. The van der Waals surface area contributed by atoms with Gasteiger partial charge < -0.3 is 9.80 Å². The van der Waals surface area contributed by atoms with Crippen LogP contribution in [0.3, 0.4) is 0 Å². The Kier molecular flexibility index (Phi) is 5.27. The minimum atomic E-state index is -0.325. The van der Waals surface area contributed by atoms with E-state index in [4.69, 9.17) is 0 Å². The van der Waals surface area contributed by atoms with Crippen molar-refractivity contribution in [1.29, 1.82) is 0 Å². The Morgan fingerprint density at radius 2 is 1.73 bits per heavy atom. The number of rotatable bonds is 3. The van der Waals surface area contributed by atoms with Gasteiger partial charge in [-0.1, -0.05) is 31.0 Å². The van der Waals surface area contributed by atoms with Gasteiger partial charge >= 0.3 is 0 Å². The summed E-state index contributed by atoms with van der Waals surface area (Å²) in [5.41, 5.74) is 0.686. The molecule has 1 aromatic heterocycles. The molecular formula is C23H29N5O2. The van der Waals surface area contributed by atoms with E-state index in [1.807, 2.05) is 44.8 Å². The van der Waals surface area contributed by atoms with E-state index in [-0.39, 0.29) is 23.9 Å². The summed E-state index contributed by atoms with van der Waals surface area (Å²) in [6.07, 6.45) is 10.4. The average Bonchev–Trinajstić information content (AvgIpc) is 3.47. The first kappa shape index (κ1) is 19.3. The molecule has 3 unspecified atom stereocenters. The Morgan fingerprint density at radius 1 is 0.967 bits per heavy atom. The van der Waals surface area contributed by atoms with Gasteiger partial charge in [-0.3, -0.25) is 9.59 Å². The summed E-state index contributed by atoms with van der Waals surface area (Å²) in [7, 11) is 0. The van der Waals surface area contributed by atoms with Crippen molar-refractivity contribution in [3.63, 3.8) is 0 Å². The Labute approximate surface area is 177 Å². The van der Waals surface area contributed by atoms with E-state index in [0.29, 0.717) is 30.6 Å². The SMILES string of the molecule is O=C(C1CC2CCCCC2N1C(=O)c1ccccc1)N1CCC(n2cncn2)CC1. The van der Waals surface area contributed by atoms with Crippen LogP contribution in [0.2, 0.25) is 0 Å². The van der Waals surface area contributed by atoms with Crippen molar-refractivity contribution in [3.8, 4) is 0 Å². The maximum absolute atomic E-state index is 13.6. The quantitative estimate of drug-likeness (QED) is 0.784. The highest BCUT2D eigenvalue weighted by Crippen LogP contribution is 2.41. The largest absolute Gasteiger partial charge is 0.341 e. The van der Waals surface area contributed by atoms with Crippen LogP contribution in [-0.2, 0) is 4.79 Å². The molecule has 1 aliphatic carbocycles. The van der Waals surface area contributed by atoms with Crippen LogP contribution < -0.4 is 0 Å². The molecular weight excluding hydrogens is 378 g/mol. The van der Waals surface area contributed by atoms with E-state index in [0.717, 1.165) is 38.5 Å². The van der Waals surface area contributed by atoms with Gasteiger partial charge in [0.15, 0.2) is 0 Å². The van der Waals surface area contributed by atoms with Gasteiger partial charge in [-0.05, 0) is 50.2 Å². The van der Waals surface area contributed by atoms with Crippen LogP contribution in [-0.4, -0.2) is 61.6 Å². The zero-order chi connectivity index (χ0) is 20.5. The third-order valence-electron chi connectivity index (χ3n) is 7.22. The number of fused-ring (bicyclic) bond motifs is 1. The minimum absolute atomic E-state index is 0.0147. The number of benzene rings is 1. The van der Waals surface area contributed by atoms with Gasteiger partial charge in [-0.2, -0.15) is 5.10 Å². The highest BCUT2D eigenvalue weighted by molar-refractivity contribution is 5.98. The normalized spacial score (nSPS) is 27.1. The first-order valence-electron chi connectivity index (χ1n) is 11.2. The number of amides is 2. The lowest BCUT2D eigenvalue weighted by Gasteiger charge is -2.37. The lowest BCUT2D eigenvalue weighted by Crippen LogP contribution is -2.52. The number of carbonyl (C=O) groups excluding carboxylic acids is 2. The van der Waals surface area contributed by atoms with E-state index in [9.17, 15) is 9.59 Å². The summed E-state index contributed by atoms with van der Waals surface area (Å²) in [6.45, 7) is 1.42. The molecule has 2 amide bonds. The minimum Gasteiger partial charge on any atom is -0.341 e. The number of hydrogen-bond donors (Lipinski definition) is 0. The van der Waals surface area contributed by atoms with E-state index in [1.165, 1.54) is 6.42 Å². The molecule has 3 atom stereocenters. The molecule has 30 heavy (non-hydrogen) atoms. The van der Waals surface area contributed by atoms with E-state index >= 15 is 0 Å². The Balaban J connectivity index is 1.33. The van der Waals surface area contributed by atoms with Gasteiger partial charge in [0.2, 0.25) is 5.91 Å². The predicted molar refractivity (Wildman–Crippen MR) is 112 cm³/mol. The third-order valence-corrected chi connectivity index (χ3v) is 7.22. The van der Waals surface area contributed by atoms with Crippen LogP contribution in [0, 0.1) is 5.92 Å². The van der Waals surface area contributed by atoms with Gasteiger partial charge in [0.1, 0.15) is 18.7 Å². The topological polar surface area (TPSA) is 71.3 Å². The molecule has 0 bridgehead atoms. The number of aromatic nitrogens is 3. The standard InChI is InChI=1S/C23H29N5O2/c29-22(17-6-2-1-3-7-17)28-20-9-5-4-8-18(20)14-21(28)23(30)26-12-10-19(11-13-26)27-16-24-15-25-27/h1-3,6-7,15-16,18-21H,4-5,8-14H2. The van der Waals surface area contributed by atoms with Crippen LogP contribution in [0.15, 0.2) is 43.0 Å². The predicted octanol–water partition coefficient (Wildman–Crippen LogP) is 2.92. The monoisotopic (exact) mass is 407 g/mol. The molecule has 2 saturated heterocycles. The molecule has 0 radical (unpaired) electrons. The zero-order valence-electron chi connectivity index (χ0n) is 17.3. The molecule has 2 aromatic rings. The molecule has 3 heterocycles. The van der Waals surface area contributed by atoms with Gasteiger partial charge in [-0.15, -0.1) is 0 Å². The molecule has 1 aromatic carbocycles. The summed E-state index contributed by atoms with van der Waals surface area (Å²) >= 11 is 0. The molecule has 5 rings (SSSR count). The molecule has 158 valence electrons. The van der Waals surface area contributed by atoms with Gasteiger partial charge in [-0.25, -0.2) is 9.67 Å². The fourth-order valence-corrected chi connectivity index (χ4v) is 5.67. The summed E-state index contributed by atoms with van der Waals surface area (Å²) in [4.78, 5) is 35.0. The second-order valence-electron chi connectivity index (χ2n) is 8.87. The van der Waals surface area contributed by atoms with Crippen LogP contribution in [0.25, 0.3) is 0 Å². The van der Waals surface area contributed by atoms with Crippen molar-refractivity contribution < 1.29 is 9.59 Å². The van der Waals surface area contributed by atoms with Crippen LogP contribution in [0.5, 0.6) is 0 Å². The molecule has 7 heteroatoms. The summed E-state index contributed by atoms with van der Waals surface area (Å²) in [5.74, 6) is 0.597. The second kappa shape index (κ2) is 8.20. The lowest BCUT2D eigenvalue weighted by atomic mass is 9.84. The summed E-state index contributed by atoms with van der Waals surface area (Å²) in [5, 5.41) is 4.25. The molecule has 3 aliphatic rings. The summed E-state index contributed by atoms with van der Waals surface area (Å²) < 4.78 is 1.90. The smallest absolute Gasteiger partial charge is 0.254 e. The van der Waals surface area contributed by atoms with Crippen molar-refractivity contribution in [3.05, 3.63) is 48.5 Å². The fourth-order valence-electron chi connectivity index (χ4n) is 5.67. The first-order chi connectivity index (χ1) is 14.7. The number of likely N-dealkylation sites (tertiary alicyclic amines) is 2. The first-order valence-corrected chi connectivity index (χ1v) is 11.2. The van der Waals surface area contributed by atoms with Crippen molar-refractivity contribution in [2.24, 2.45) is 5.92 Å². The van der Waals surface area contributed by atoms with E-state index in [1.54, 1.807) is 12.7 Å². The van der Waals surface area contributed by atoms with Crippen LogP contribution >= 0.6 is 0 Å². The number of hydrogen-bond acceptors (Lipinski definition) is 4. The highest BCUT2D eigenvalue weighted by atomic mass is 16.2. The summed E-state index contributed by atoms with van der Waals surface area (Å²) in [6, 6.07) is 9.62. The molecule has 2 aliphatic heterocycles. The van der Waals surface area contributed by atoms with E-state index < -0.39 is 0 Å². The molecule has 7 nitrogen and oxygen atoms in total. The van der Waals surface area contributed by atoms with Gasteiger partial charge in [0.25, 0.3) is 5.91 Å². The van der Waals surface area contributed by atoms with Crippen LogP contribution in [0.1, 0.15) is 61.3 Å². The van der Waals surface area contributed by atoms with Crippen molar-refractivity contribution in [2.45, 2.75) is 63.1 Å². The highest BCUT2D eigenvalue weighted by Gasteiger charge is 2.48. The second-order valence-corrected chi connectivity index (χ2v) is 8.87. The molecule has 1 saturated carbocycles. The Bertz CT molecular complexity index is 876. The van der Waals surface area contributed by atoms with Crippen molar-refractivity contribution >= 4 is 11.8 Å². The maximum atomic E-state index is 13.6. The lowest BCUT2D eigenvalue weighted by molar-refractivity contribution is -0.137. The Hall–Kier alpha value is -2.70. The molecule has 0 spiro atoms. The maximum Gasteiger partial charge on any atom is 0.254 e. The van der Waals surface area contributed by atoms with Crippen LogP contribution in [0.4, 0.5) is 0 Å². The molecule has 0 N–H and O–H groups in total. The third kappa shape index (κ3) is 3.50. The number of nitrogens with zero attached hydrogens (tertiary/aromatic N) is 5. The molecule has 3 fully saturated rings. The fraction of sp³-hybridized carbons (Fsp3) is 0.565.